The quantitative estimate of drug-likeness (QED) is 0.422. The summed E-state index contributed by atoms with van der Waals surface area (Å²) >= 11 is 0. The van der Waals surface area contributed by atoms with Crippen LogP contribution in [-0.2, 0) is 16.0 Å². The third-order valence-corrected chi connectivity index (χ3v) is 8.17. The predicted octanol–water partition coefficient (Wildman–Crippen LogP) is 4.18. The van der Waals surface area contributed by atoms with Crippen molar-refractivity contribution >= 4 is 49.5 Å². The van der Waals surface area contributed by atoms with Gasteiger partial charge in [-0.3, -0.25) is 4.79 Å². The van der Waals surface area contributed by atoms with E-state index in [-0.39, 0.29) is 30.5 Å². The molecule has 2 bridgehead atoms. The fraction of sp³-hybridized carbons (Fsp3) is 0.296. The van der Waals surface area contributed by atoms with Gasteiger partial charge < -0.3 is 29.2 Å². The number of amides is 1. The van der Waals surface area contributed by atoms with Gasteiger partial charge in [0.2, 0.25) is 0 Å². The molecule has 8 rings (SSSR count). The second-order valence-electron chi connectivity index (χ2n) is 9.57. The molecule has 7 nitrogen and oxygen atoms in total. The van der Waals surface area contributed by atoms with E-state index in [9.17, 15) is 4.79 Å². The minimum absolute atomic E-state index is 0.00707. The number of nitrogens with one attached hydrogen (secondary N) is 2. The number of carbonyl (C=O) groups excluding carboxylic acids is 1. The molecule has 0 unspecified atom stereocenters. The number of aromatic nitrogens is 2. The largest absolute Gasteiger partial charge is 0.375 e. The molecule has 4 atom stereocenters. The molecular formula is C27H24N4O3. The van der Waals surface area contributed by atoms with Gasteiger partial charge in [-0.05, 0) is 24.7 Å². The molecular weight excluding hydrogens is 428 g/mol. The fourth-order valence-corrected chi connectivity index (χ4v) is 6.86. The third kappa shape index (κ3) is 2.03. The second kappa shape index (κ2) is 6.39. The Hall–Kier alpha value is -3.39. The van der Waals surface area contributed by atoms with Crippen molar-refractivity contribution in [3.8, 4) is 0 Å². The summed E-state index contributed by atoms with van der Waals surface area (Å²) in [6.45, 7) is 0.538. The molecule has 3 aromatic carbocycles. The molecule has 2 N–H and O–H groups in total. The molecule has 1 fully saturated rings. The standard InChI is InChI=1S/C27H24N4O3/c1-28-16-11-19-30-17-9-5-4-8-14(17)21-22-15(12-29-26(22)32)20-13-7-3-6-10-18(13)31(23(20)24(21)30)27(34-19)25(16)33-2/h3-10,16,19,25,27-28H,11-12H2,1-2H3,(H,29,32)/t16-,19-,25-,27-/m0/s1. The Balaban J connectivity index is 1.70. The molecule has 3 aliphatic rings. The van der Waals surface area contributed by atoms with Crippen LogP contribution in [0.3, 0.4) is 0 Å². The summed E-state index contributed by atoms with van der Waals surface area (Å²) in [6.07, 6.45) is 0.140. The van der Waals surface area contributed by atoms with Crippen LogP contribution in [0.4, 0.5) is 0 Å². The van der Waals surface area contributed by atoms with Crippen molar-refractivity contribution in [1.82, 2.24) is 19.8 Å². The number of benzene rings is 3. The Labute approximate surface area is 195 Å². The van der Waals surface area contributed by atoms with Crippen LogP contribution in [0.5, 0.6) is 0 Å². The van der Waals surface area contributed by atoms with E-state index in [1.54, 1.807) is 7.11 Å². The van der Waals surface area contributed by atoms with Crippen LogP contribution in [0.15, 0.2) is 48.5 Å². The highest BCUT2D eigenvalue weighted by atomic mass is 16.6. The number of hydrogen-bond acceptors (Lipinski definition) is 4. The number of nitrogens with zero attached hydrogens (tertiary/aromatic N) is 2. The van der Waals surface area contributed by atoms with Crippen molar-refractivity contribution in [3.63, 3.8) is 0 Å². The SMILES string of the molecule is CN[C@H]1C[C@@H]2O[C@@H]([C@H]1OC)n1c3ccccc3c3c4c(c5c6ccccc6n2c5c31)C(=O)NC4. The van der Waals surface area contributed by atoms with Crippen LogP contribution in [-0.4, -0.2) is 41.3 Å². The zero-order valence-electron chi connectivity index (χ0n) is 19.0. The molecule has 1 saturated heterocycles. The maximum absolute atomic E-state index is 13.3. The molecule has 2 aromatic heterocycles. The third-order valence-electron chi connectivity index (χ3n) is 8.17. The molecule has 5 aromatic rings. The fourth-order valence-electron chi connectivity index (χ4n) is 6.86. The van der Waals surface area contributed by atoms with Gasteiger partial charge in [0.25, 0.3) is 5.91 Å². The maximum atomic E-state index is 13.3. The van der Waals surface area contributed by atoms with Crippen LogP contribution in [0, 0.1) is 0 Å². The zero-order valence-corrected chi connectivity index (χ0v) is 19.0. The first-order chi connectivity index (χ1) is 16.7. The van der Waals surface area contributed by atoms with Gasteiger partial charge in [0.15, 0.2) is 6.23 Å². The average Bonchev–Trinajstić information content (AvgIpc) is 3.50. The molecule has 7 heteroatoms. The summed E-state index contributed by atoms with van der Waals surface area (Å²) in [5, 5.41) is 11.0. The van der Waals surface area contributed by atoms with E-state index in [2.05, 4.69) is 68.3 Å². The van der Waals surface area contributed by atoms with Crippen LogP contribution in [0.25, 0.3) is 43.6 Å². The molecule has 0 aliphatic carbocycles. The van der Waals surface area contributed by atoms with Gasteiger partial charge in [0.05, 0.1) is 27.6 Å². The molecule has 1 amide bonds. The van der Waals surface area contributed by atoms with E-state index in [1.165, 1.54) is 0 Å². The van der Waals surface area contributed by atoms with Crippen molar-refractivity contribution in [2.24, 2.45) is 0 Å². The van der Waals surface area contributed by atoms with E-state index in [0.29, 0.717) is 6.54 Å². The smallest absolute Gasteiger partial charge is 0.252 e. The lowest BCUT2D eigenvalue weighted by Gasteiger charge is -2.41. The number of fused-ring (bicyclic) bond motifs is 13. The Morgan fingerprint density at radius 1 is 1.00 bits per heavy atom. The monoisotopic (exact) mass is 452 g/mol. The summed E-state index contributed by atoms with van der Waals surface area (Å²) in [7, 11) is 3.76. The van der Waals surface area contributed by atoms with E-state index in [0.717, 1.165) is 61.2 Å². The van der Waals surface area contributed by atoms with Gasteiger partial charge in [-0.2, -0.15) is 0 Å². The first-order valence-corrected chi connectivity index (χ1v) is 11.9. The average molecular weight is 453 g/mol. The molecule has 170 valence electrons. The summed E-state index contributed by atoms with van der Waals surface area (Å²) in [4.78, 5) is 13.3. The Kier molecular flexibility index (Phi) is 3.56. The number of hydrogen-bond donors (Lipinski definition) is 2. The van der Waals surface area contributed by atoms with Crippen LogP contribution >= 0.6 is 0 Å². The van der Waals surface area contributed by atoms with E-state index in [1.807, 2.05) is 7.05 Å². The number of rotatable bonds is 2. The van der Waals surface area contributed by atoms with Crippen molar-refractivity contribution in [2.75, 3.05) is 14.2 Å². The lowest BCUT2D eigenvalue weighted by Crippen LogP contribution is -2.50. The van der Waals surface area contributed by atoms with E-state index in [4.69, 9.17) is 9.47 Å². The van der Waals surface area contributed by atoms with Crippen LogP contribution < -0.4 is 10.6 Å². The lowest BCUT2D eigenvalue weighted by atomic mass is 9.97. The molecule has 5 heterocycles. The van der Waals surface area contributed by atoms with Crippen LogP contribution in [0.2, 0.25) is 0 Å². The number of carbonyl (C=O) groups is 1. The van der Waals surface area contributed by atoms with Gasteiger partial charge in [0.1, 0.15) is 12.3 Å². The molecule has 34 heavy (non-hydrogen) atoms. The number of likely N-dealkylation sites (N-methyl/N-ethyl adjacent to an activating group) is 1. The summed E-state index contributed by atoms with van der Waals surface area (Å²) < 4.78 is 17.6. The first kappa shape index (κ1) is 19.0. The highest BCUT2D eigenvalue weighted by Gasteiger charge is 2.45. The minimum Gasteiger partial charge on any atom is -0.375 e. The van der Waals surface area contributed by atoms with E-state index < -0.39 is 0 Å². The number of methoxy groups -OCH3 is 1. The van der Waals surface area contributed by atoms with Gasteiger partial charge in [-0.15, -0.1) is 0 Å². The predicted molar refractivity (Wildman–Crippen MR) is 131 cm³/mol. The van der Waals surface area contributed by atoms with Crippen LogP contribution in [0.1, 0.15) is 34.8 Å². The Morgan fingerprint density at radius 2 is 1.68 bits per heavy atom. The van der Waals surface area contributed by atoms with Gasteiger partial charge >= 0.3 is 0 Å². The second-order valence-corrected chi connectivity index (χ2v) is 9.57. The summed E-state index contributed by atoms with van der Waals surface area (Å²) in [5.74, 6) is 0.00707. The van der Waals surface area contributed by atoms with Crippen molar-refractivity contribution in [3.05, 3.63) is 59.7 Å². The number of ether oxygens (including phenoxy) is 2. The van der Waals surface area contributed by atoms with Gasteiger partial charge in [0, 0.05) is 47.7 Å². The van der Waals surface area contributed by atoms with Crippen molar-refractivity contribution < 1.29 is 14.3 Å². The van der Waals surface area contributed by atoms with Crippen molar-refractivity contribution in [2.45, 2.75) is 37.6 Å². The van der Waals surface area contributed by atoms with Gasteiger partial charge in [-0.25, -0.2) is 0 Å². The molecule has 0 saturated carbocycles. The zero-order chi connectivity index (χ0) is 22.7. The lowest BCUT2D eigenvalue weighted by molar-refractivity contribution is -0.192. The minimum atomic E-state index is -0.298. The molecule has 0 spiro atoms. The topological polar surface area (TPSA) is 69.5 Å². The molecule has 0 radical (unpaired) electrons. The Bertz CT molecular complexity index is 1700. The highest BCUT2D eigenvalue weighted by molar-refractivity contribution is 6.30. The first-order valence-electron chi connectivity index (χ1n) is 11.9. The molecule has 3 aliphatic heterocycles. The highest BCUT2D eigenvalue weighted by Crippen LogP contribution is 2.51. The summed E-state index contributed by atoms with van der Waals surface area (Å²) in [5.41, 5.74) is 6.32. The normalized spacial score (nSPS) is 25.5. The van der Waals surface area contributed by atoms with Gasteiger partial charge in [-0.1, -0.05) is 36.4 Å². The number of para-hydroxylation sites is 2. The van der Waals surface area contributed by atoms with Crippen molar-refractivity contribution in [1.29, 1.82) is 0 Å². The van der Waals surface area contributed by atoms with E-state index >= 15 is 0 Å². The Morgan fingerprint density at radius 3 is 2.41 bits per heavy atom. The summed E-state index contributed by atoms with van der Waals surface area (Å²) in [6, 6.07) is 17.0. The maximum Gasteiger partial charge on any atom is 0.252 e.